The van der Waals surface area contributed by atoms with E-state index in [1.807, 2.05) is 6.92 Å². The fourth-order valence-corrected chi connectivity index (χ4v) is 4.51. The number of ether oxygens (including phenoxy) is 3. The van der Waals surface area contributed by atoms with Gasteiger partial charge in [-0.1, -0.05) is 83.4 Å². The zero-order chi connectivity index (χ0) is 31.0. The van der Waals surface area contributed by atoms with Gasteiger partial charge in [-0.15, -0.1) is 0 Å². The lowest BCUT2D eigenvalue weighted by molar-refractivity contribution is -0.140. The van der Waals surface area contributed by atoms with E-state index < -0.39 is 29.7 Å². The second-order valence-electron chi connectivity index (χ2n) is 10.6. The number of hydrogen-bond donors (Lipinski definition) is 0. The van der Waals surface area contributed by atoms with Gasteiger partial charge in [-0.25, -0.2) is 22.8 Å². The summed E-state index contributed by atoms with van der Waals surface area (Å²) in [7, 11) is 0. The summed E-state index contributed by atoms with van der Waals surface area (Å²) in [6.07, 6.45) is 8.30. The number of benzene rings is 3. The smallest absolute Gasteiger partial charge is 0.346 e. The molecule has 43 heavy (non-hydrogen) atoms. The fraction of sp³-hybridized carbons (Fsp3) is 0.429. The molecule has 0 saturated heterocycles. The number of hydrogen-bond acceptors (Lipinski definition) is 5. The van der Waals surface area contributed by atoms with Gasteiger partial charge in [-0.05, 0) is 66.8 Å². The quantitative estimate of drug-likeness (QED) is 0.0829. The Kier molecular flexibility index (Phi) is 14.1. The lowest BCUT2D eigenvalue weighted by atomic mass is 10.1. The van der Waals surface area contributed by atoms with Gasteiger partial charge in [0.2, 0.25) is 0 Å². The summed E-state index contributed by atoms with van der Waals surface area (Å²) < 4.78 is 59.1. The molecular formula is C35H41F3O5. The highest BCUT2D eigenvalue weighted by Crippen LogP contribution is 2.28. The summed E-state index contributed by atoms with van der Waals surface area (Å²) in [5.41, 5.74) is 0.934. The normalized spacial score (nSPS) is 11.7. The predicted octanol–water partition coefficient (Wildman–Crippen LogP) is 9.80. The van der Waals surface area contributed by atoms with Gasteiger partial charge >= 0.3 is 11.9 Å². The number of esters is 2. The summed E-state index contributed by atoms with van der Waals surface area (Å²) in [5, 5.41) is 0. The molecule has 0 bridgehead atoms. The van der Waals surface area contributed by atoms with Crippen LogP contribution in [0.2, 0.25) is 0 Å². The molecule has 0 fully saturated rings. The Morgan fingerprint density at radius 2 is 1.30 bits per heavy atom. The SMILES string of the molecule is CCCCCCCCOc1ccc(-c2ccc(OC(=O)c3ccc(OC(=O)[C@@H](F)CCCCCC)cc3F)cc2)cc1F. The first-order valence-corrected chi connectivity index (χ1v) is 15.2. The van der Waals surface area contributed by atoms with E-state index in [9.17, 15) is 22.8 Å². The van der Waals surface area contributed by atoms with Crippen LogP contribution in [0.3, 0.4) is 0 Å². The van der Waals surface area contributed by atoms with Crippen molar-refractivity contribution in [2.24, 2.45) is 0 Å². The molecule has 0 unspecified atom stereocenters. The summed E-state index contributed by atoms with van der Waals surface area (Å²) in [6.45, 7) is 4.67. The van der Waals surface area contributed by atoms with Gasteiger partial charge < -0.3 is 14.2 Å². The average molecular weight is 599 g/mol. The third-order valence-corrected chi connectivity index (χ3v) is 7.03. The molecule has 3 aromatic rings. The van der Waals surface area contributed by atoms with E-state index >= 15 is 0 Å². The molecule has 232 valence electrons. The molecule has 0 aliphatic rings. The third kappa shape index (κ3) is 11.1. The minimum Gasteiger partial charge on any atom is -0.491 e. The zero-order valence-corrected chi connectivity index (χ0v) is 25.0. The number of unbranched alkanes of at least 4 members (excludes halogenated alkanes) is 8. The van der Waals surface area contributed by atoms with Crippen molar-refractivity contribution in [2.75, 3.05) is 6.61 Å². The molecule has 5 nitrogen and oxygen atoms in total. The maximum Gasteiger partial charge on any atom is 0.346 e. The molecular weight excluding hydrogens is 557 g/mol. The van der Waals surface area contributed by atoms with Crippen molar-refractivity contribution < 1.29 is 37.0 Å². The Morgan fingerprint density at radius 3 is 1.98 bits per heavy atom. The van der Waals surface area contributed by atoms with Crippen LogP contribution in [0.25, 0.3) is 11.1 Å². The molecule has 0 N–H and O–H groups in total. The first-order chi connectivity index (χ1) is 20.8. The second-order valence-corrected chi connectivity index (χ2v) is 10.6. The number of rotatable bonds is 18. The zero-order valence-electron chi connectivity index (χ0n) is 25.0. The van der Waals surface area contributed by atoms with Crippen LogP contribution < -0.4 is 14.2 Å². The van der Waals surface area contributed by atoms with Gasteiger partial charge in [0, 0.05) is 6.07 Å². The van der Waals surface area contributed by atoms with Gasteiger partial charge in [0.1, 0.15) is 17.3 Å². The van der Waals surface area contributed by atoms with E-state index in [1.165, 1.54) is 43.5 Å². The number of alkyl halides is 1. The monoisotopic (exact) mass is 598 g/mol. The molecule has 1 atom stereocenters. The first-order valence-electron chi connectivity index (χ1n) is 15.2. The molecule has 8 heteroatoms. The summed E-state index contributed by atoms with van der Waals surface area (Å²) in [5.74, 6) is -3.33. The number of halogens is 3. The van der Waals surface area contributed by atoms with E-state index in [-0.39, 0.29) is 29.2 Å². The minimum absolute atomic E-state index is 0.0402. The van der Waals surface area contributed by atoms with E-state index in [0.717, 1.165) is 50.7 Å². The Balaban J connectivity index is 1.51. The maximum atomic E-state index is 14.6. The van der Waals surface area contributed by atoms with Crippen molar-refractivity contribution >= 4 is 11.9 Å². The molecule has 3 aromatic carbocycles. The first kappa shape index (κ1) is 33.7. The van der Waals surface area contributed by atoms with Crippen LogP contribution in [0.1, 0.15) is 94.8 Å². The van der Waals surface area contributed by atoms with Crippen LogP contribution in [0.15, 0.2) is 60.7 Å². The predicted molar refractivity (Wildman–Crippen MR) is 161 cm³/mol. The summed E-state index contributed by atoms with van der Waals surface area (Å²) in [6, 6.07) is 14.3. The van der Waals surface area contributed by atoms with Crippen molar-refractivity contribution in [1.82, 2.24) is 0 Å². The molecule has 0 aromatic heterocycles. The van der Waals surface area contributed by atoms with E-state index in [1.54, 1.807) is 24.3 Å². The second kappa shape index (κ2) is 18.0. The topological polar surface area (TPSA) is 61.8 Å². The van der Waals surface area contributed by atoms with E-state index in [2.05, 4.69) is 6.92 Å². The number of carbonyl (C=O) groups is 2. The van der Waals surface area contributed by atoms with Crippen LogP contribution in [-0.2, 0) is 4.79 Å². The fourth-order valence-electron chi connectivity index (χ4n) is 4.51. The van der Waals surface area contributed by atoms with Crippen molar-refractivity contribution in [1.29, 1.82) is 0 Å². The molecule has 3 rings (SSSR count). The van der Waals surface area contributed by atoms with Crippen LogP contribution in [0.5, 0.6) is 17.2 Å². The van der Waals surface area contributed by atoms with Crippen LogP contribution in [0, 0.1) is 11.6 Å². The molecule has 0 amide bonds. The lowest BCUT2D eigenvalue weighted by Crippen LogP contribution is -2.22. The Bertz CT molecular complexity index is 1310. The summed E-state index contributed by atoms with van der Waals surface area (Å²) in [4.78, 5) is 24.5. The average Bonchev–Trinajstić information content (AvgIpc) is 2.99. The van der Waals surface area contributed by atoms with Crippen molar-refractivity contribution in [3.8, 4) is 28.4 Å². The van der Waals surface area contributed by atoms with Gasteiger partial charge in [0.15, 0.2) is 17.7 Å². The van der Waals surface area contributed by atoms with Crippen LogP contribution in [0.4, 0.5) is 13.2 Å². The number of carbonyl (C=O) groups excluding carboxylic acids is 2. The van der Waals surface area contributed by atoms with Gasteiger partial charge in [0.05, 0.1) is 12.2 Å². The van der Waals surface area contributed by atoms with Crippen LogP contribution >= 0.6 is 0 Å². The molecule has 0 heterocycles. The van der Waals surface area contributed by atoms with Crippen molar-refractivity contribution in [3.05, 3.63) is 77.9 Å². The largest absolute Gasteiger partial charge is 0.491 e. The molecule has 0 saturated carbocycles. The van der Waals surface area contributed by atoms with Crippen molar-refractivity contribution in [2.45, 2.75) is 90.6 Å². The molecule has 0 radical (unpaired) electrons. The standard InChI is InChI=1S/C35H41F3O5/c1-3-5-7-9-10-12-22-41-33-21-16-26(23-32(33)38)25-14-17-27(18-15-25)42-34(39)29-20-19-28(24-31(29)37)43-35(40)30(36)13-11-8-6-4-2/h14-21,23-24,30H,3-13,22H2,1-2H3/t30-/m0/s1. The van der Waals surface area contributed by atoms with E-state index in [0.29, 0.717) is 24.2 Å². The highest BCUT2D eigenvalue weighted by atomic mass is 19.1. The molecule has 0 aliphatic carbocycles. The lowest BCUT2D eigenvalue weighted by Gasteiger charge is -2.11. The van der Waals surface area contributed by atoms with Crippen LogP contribution in [-0.4, -0.2) is 24.7 Å². The highest BCUT2D eigenvalue weighted by Gasteiger charge is 2.21. The Labute approximate surface area is 252 Å². The van der Waals surface area contributed by atoms with E-state index in [4.69, 9.17) is 14.2 Å². The Hall–Kier alpha value is -3.81. The maximum absolute atomic E-state index is 14.6. The highest BCUT2D eigenvalue weighted by molar-refractivity contribution is 5.91. The molecule has 0 spiro atoms. The van der Waals surface area contributed by atoms with Gasteiger partial charge in [0.25, 0.3) is 0 Å². The minimum atomic E-state index is -1.80. The van der Waals surface area contributed by atoms with Crippen molar-refractivity contribution in [3.63, 3.8) is 0 Å². The Morgan fingerprint density at radius 1 is 0.674 bits per heavy atom. The van der Waals surface area contributed by atoms with Gasteiger partial charge in [-0.2, -0.15) is 0 Å². The summed E-state index contributed by atoms with van der Waals surface area (Å²) >= 11 is 0. The van der Waals surface area contributed by atoms with Gasteiger partial charge in [-0.3, -0.25) is 0 Å². The third-order valence-electron chi connectivity index (χ3n) is 7.03. The molecule has 0 aliphatic heterocycles.